The van der Waals surface area contributed by atoms with Gasteiger partial charge in [-0.25, -0.2) is 0 Å². The van der Waals surface area contributed by atoms with Gasteiger partial charge in [-0.2, -0.15) is 0 Å². The highest BCUT2D eigenvalue weighted by Crippen LogP contribution is 2.09. The van der Waals surface area contributed by atoms with Crippen LogP contribution in [0.15, 0.2) is 30.3 Å². The van der Waals surface area contributed by atoms with Crippen LogP contribution in [0.5, 0.6) is 5.75 Å². The molecule has 6 heteroatoms. The molecule has 0 aliphatic carbocycles. The largest absolute Gasteiger partial charge is 0.494 e. The summed E-state index contributed by atoms with van der Waals surface area (Å²) < 4.78 is 15.6. The van der Waals surface area contributed by atoms with E-state index >= 15 is 0 Å². The summed E-state index contributed by atoms with van der Waals surface area (Å²) in [5, 5.41) is 0. The number of rotatable bonds is 13. The first kappa shape index (κ1) is 21.0. The van der Waals surface area contributed by atoms with Crippen molar-refractivity contribution < 1.29 is 23.8 Å². The second kappa shape index (κ2) is 13.2. The molecule has 0 spiro atoms. The second-order valence-electron chi connectivity index (χ2n) is 5.52. The Morgan fingerprint density at radius 2 is 1.76 bits per heavy atom. The molecule has 0 saturated heterocycles. The molecule has 140 valence electrons. The quantitative estimate of drug-likeness (QED) is 0.404. The molecule has 0 N–H and O–H groups in total. The van der Waals surface area contributed by atoms with Crippen LogP contribution in [0.4, 0.5) is 0 Å². The average Bonchev–Trinajstić information content (AvgIpc) is 2.65. The van der Waals surface area contributed by atoms with E-state index in [9.17, 15) is 9.59 Å². The molecule has 0 aliphatic heterocycles. The minimum atomic E-state index is -0.310. The van der Waals surface area contributed by atoms with Crippen molar-refractivity contribution in [1.82, 2.24) is 4.90 Å². The van der Waals surface area contributed by atoms with Gasteiger partial charge in [0.05, 0.1) is 20.1 Å². The maximum atomic E-state index is 12.4. The van der Waals surface area contributed by atoms with Gasteiger partial charge < -0.3 is 19.1 Å². The minimum Gasteiger partial charge on any atom is -0.494 e. The normalized spacial score (nSPS) is 10.3. The standard InChI is InChI=1S/C19H29NO5/c1-3-24-15-8-13-20(14-12-19(22)23-2)18(21)11-7-16-25-17-9-5-4-6-10-17/h4-6,9-10H,3,7-8,11-16H2,1-2H3. The number of esters is 1. The lowest BCUT2D eigenvalue weighted by Gasteiger charge is -2.22. The fourth-order valence-electron chi connectivity index (χ4n) is 2.28. The summed E-state index contributed by atoms with van der Waals surface area (Å²) in [7, 11) is 1.35. The number of benzene rings is 1. The maximum Gasteiger partial charge on any atom is 0.307 e. The van der Waals surface area contributed by atoms with Crippen molar-refractivity contribution in [3.05, 3.63) is 30.3 Å². The second-order valence-corrected chi connectivity index (χ2v) is 5.52. The lowest BCUT2D eigenvalue weighted by molar-refractivity contribution is -0.141. The number of hydrogen-bond acceptors (Lipinski definition) is 5. The molecule has 0 fully saturated rings. The molecule has 1 amide bonds. The number of methoxy groups -OCH3 is 1. The van der Waals surface area contributed by atoms with Gasteiger partial charge in [0.2, 0.25) is 5.91 Å². The van der Waals surface area contributed by atoms with E-state index in [4.69, 9.17) is 9.47 Å². The number of carbonyl (C=O) groups excluding carboxylic acids is 2. The first-order valence-corrected chi connectivity index (χ1v) is 8.77. The number of nitrogens with zero attached hydrogens (tertiary/aromatic N) is 1. The summed E-state index contributed by atoms with van der Waals surface area (Å²) in [6.45, 7) is 4.64. The molecule has 6 nitrogen and oxygen atoms in total. The molecule has 0 bridgehead atoms. The third kappa shape index (κ3) is 9.72. The van der Waals surface area contributed by atoms with Crippen LogP contribution >= 0.6 is 0 Å². The molecule has 0 heterocycles. The molecule has 0 aliphatic rings. The van der Waals surface area contributed by atoms with Crippen LogP contribution in [0.25, 0.3) is 0 Å². The summed E-state index contributed by atoms with van der Waals surface area (Å²) in [5.41, 5.74) is 0. The molecule has 0 atom stereocenters. The molecular formula is C19H29NO5. The molecule has 0 radical (unpaired) electrons. The molecule has 0 saturated carbocycles. The van der Waals surface area contributed by atoms with Crippen molar-refractivity contribution in [2.75, 3.05) is 40.0 Å². The summed E-state index contributed by atoms with van der Waals surface area (Å²) >= 11 is 0. The number of amides is 1. The van der Waals surface area contributed by atoms with Crippen molar-refractivity contribution in [2.24, 2.45) is 0 Å². The van der Waals surface area contributed by atoms with Crippen molar-refractivity contribution in [1.29, 1.82) is 0 Å². The molecule has 0 unspecified atom stereocenters. The first-order chi connectivity index (χ1) is 12.2. The first-order valence-electron chi connectivity index (χ1n) is 8.77. The van der Waals surface area contributed by atoms with Gasteiger partial charge in [0, 0.05) is 32.7 Å². The number of carbonyl (C=O) groups is 2. The average molecular weight is 351 g/mol. The predicted octanol–water partition coefficient (Wildman–Crippen LogP) is 2.66. The minimum absolute atomic E-state index is 0.0251. The lowest BCUT2D eigenvalue weighted by atomic mass is 10.2. The van der Waals surface area contributed by atoms with E-state index < -0.39 is 0 Å². The molecule has 1 aromatic rings. The van der Waals surface area contributed by atoms with Gasteiger partial charge >= 0.3 is 5.97 Å². The van der Waals surface area contributed by atoms with Gasteiger partial charge in [-0.3, -0.25) is 9.59 Å². The molecule has 1 rings (SSSR count). The Morgan fingerprint density at radius 3 is 2.44 bits per heavy atom. The third-order valence-electron chi connectivity index (χ3n) is 3.63. The predicted molar refractivity (Wildman–Crippen MR) is 95.5 cm³/mol. The smallest absolute Gasteiger partial charge is 0.307 e. The van der Waals surface area contributed by atoms with Crippen LogP contribution in [0.3, 0.4) is 0 Å². The maximum absolute atomic E-state index is 12.4. The van der Waals surface area contributed by atoms with E-state index in [0.717, 1.165) is 12.2 Å². The highest BCUT2D eigenvalue weighted by Gasteiger charge is 2.15. The Labute approximate surface area is 150 Å². The Hall–Kier alpha value is -2.08. The monoisotopic (exact) mass is 351 g/mol. The number of hydrogen-bond donors (Lipinski definition) is 0. The van der Waals surface area contributed by atoms with Crippen LogP contribution in [0.1, 0.15) is 32.6 Å². The molecular weight excluding hydrogens is 322 g/mol. The van der Waals surface area contributed by atoms with Crippen LogP contribution in [-0.2, 0) is 19.1 Å². The number of para-hydroxylation sites is 1. The van der Waals surface area contributed by atoms with Gasteiger partial charge in [0.1, 0.15) is 5.75 Å². The third-order valence-corrected chi connectivity index (χ3v) is 3.63. The van der Waals surface area contributed by atoms with Gasteiger partial charge in [0.15, 0.2) is 0 Å². The lowest BCUT2D eigenvalue weighted by Crippen LogP contribution is -2.34. The Bertz CT molecular complexity index is 492. The summed E-state index contributed by atoms with van der Waals surface area (Å²) in [4.78, 5) is 25.4. The van der Waals surface area contributed by atoms with Gasteiger partial charge in [0.25, 0.3) is 0 Å². The Morgan fingerprint density at radius 1 is 1.00 bits per heavy atom. The summed E-state index contributed by atoms with van der Waals surface area (Å²) in [6.07, 6.45) is 1.98. The van der Waals surface area contributed by atoms with E-state index in [1.807, 2.05) is 37.3 Å². The summed E-state index contributed by atoms with van der Waals surface area (Å²) in [5.74, 6) is 0.515. The van der Waals surface area contributed by atoms with Gasteiger partial charge in [-0.1, -0.05) is 18.2 Å². The molecule has 25 heavy (non-hydrogen) atoms. The zero-order valence-corrected chi connectivity index (χ0v) is 15.2. The van der Waals surface area contributed by atoms with Crippen molar-refractivity contribution in [2.45, 2.75) is 32.6 Å². The van der Waals surface area contributed by atoms with E-state index in [1.54, 1.807) is 4.90 Å². The van der Waals surface area contributed by atoms with Crippen LogP contribution in [-0.4, -0.2) is 56.8 Å². The fraction of sp³-hybridized carbons (Fsp3) is 0.579. The van der Waals surface area contributed by atoms with Crippen LogP contribution < -0.4 is 4.74 Å². The van der Waals surface area contributed by atoms with E-state index in [-0.39, 0.29) is 18.3 Å². The fourth-order valence-corrected chi connectivity index (χ4v) is 2.28. The topological polar surface area (TPSA) is 65.1 Å². The Balaban J connectivity index is 2.34. The number of ether oxygens (including phenoxy) is 3. The zero-order valence-electron chi connectivity index (χ0n) is 15.2. The van der Waals surface area contributed by atoms with Gasteiger partial charge in [-0.05, 0) is 31.9 Å². The highest BCUT2D eigenvalue weighted by molar-refractivity contribution is 5.77. The Kier molecular flexibility index (Phi) is 11.1. The van der Waals surface area contributed by atoms with Crippen LogP contribution in [0, 0.1) is 0 Å². The van der Waals surface area contributed by atoms with E-state index in [2.05, 4.69) is 4.74 Å². The summed E-state index contributed by atoms with van der Waals surface area (Å²) in [6, 6.07) is 9.52. The molecule has 0 aromatic heterocycles. The van der Waals surface area contributed by atoms with E-state index in [0.29, 0.717) is 45.8 Å². The van der Waals surface area contributed by atoms with Crippen molar-refractivity contribution >= 4 is 11.9 Å². The molecule has 1 aromatic carbocycles. The van der Waals surface area contributed by atoms with Crippen LogP contribution in [0.2, 0.25) is 0 Å². The highest BCUT2D eigenvalue weighted by atomic mass is 16.5. The van der Waals surface area contributed by atoms with Gasteiger partial charge in [-0.15, -0.1) is 0 Å². The van der Waals surface area contributed by atoms with Crippen molar-refractivity contribution in [3.8, 4) is 5.75 Å². The van der Waals surface area contributed by atoms with Crippen molar-refractivity contribution in [3.63, 3.8) is 0 Å². The zero-order chi connectivity index (χ0) is 18.3. The SMILES string of the molecule is CCOCCCN(CCC(=O)OC)C(=O)CCCOc1ccccc1. The van der Waals surface area contributed by atoms with E-state index in [1.165, 1.54) is 7.11 Å².